The van der Waals surface area contributed by atoms with Crippen molar-refractivity contribution in [3.8, 4) is 0 Å². The minimum absolute atomic E-state index is 0.213. The molecule has 0 aromatic heterocycles. The molecule has 20 heavy (non-hydrogen) atoms. The molecule has 0 saturated carbocycles. The average molecular weight is 278 g/mol. The van der Waals surface area contributed by atoms with Gasteiger partial charge >= 0.3 is 0 Å². The van der Waals surface area contributed by atoms with E-state index in [1.54, 1.807) is 6.92 Å². The smallest absolute Gasteiger partial charge is 0.146 e. The lowest BCUT2D eigenvalue weighted by Crippen LogP contribution is -2.36. The summed E-state index contributed by atoms with van der Waals surface area (Å²) >= 11 is 0. The Labute approximate surface area is 120 Å². The van der Waals surface area contributed by atoms with E-state index in [-0.39, 0.29) is 5.82 Å². The van der Waals surface area contributed by atoms with E-state index < -0.39 is 6.10 Å². The second-order valence-corrected chi connectivity index (χ2v) is 6.02. The summed E-state index contributed by atoms with van der Waals surface area (Å²) in [4.78, 5) is 4.72. The van der Waals surface area contributed by atoms with Crippen LogP contribution in [0.4, 0.5) is 10.1 Å². The zero-order valence-corrected chi connectivity index (χ0v) is 12.1. The van der Waals surface area contributed by atoms with Crippen LogP contribution in [0, 0.1) is 5.82 Å². The van der Waals surface area contributed by atoms with E-state index in [0.717, 1.165) is 26.1 Å². The fourth-order valence-corrected chi connectivity index (χ4v) is 3.46. The molecule has 3 rings (SSSR count). The number of aliphatic hydroxyl groups is 1. The lowest BCUT2D eigenvalue weighted by atomic mass is 10.1. The highest BCUT2D eigenvalue weighted by Gasteiger charge is 2.29. The van der Waals surface area contributed by atoms with Crippen molar-refractivity contribution < 1.29 is 9.50 Å². The Kier molecular flexibility index (Phi) is 3.94. The molecule has 2 aliphatic rings. The zero-order chi connectivity index (χ0) is 14.1. The van der Waals surface area contributed by atoms with E-state index in [1.165, 1.54) is 25.5 Å². The number of fused-ring (bicyclic) bond motifs is 1. The van der Waals surface area contributed by atoms with Crippen LogP contribution < -0.4 is 4.90 Å². The van der Waals surface area contributed by atoms with Gasteiger partial charge in [-0.05, 0) is 50.4 Å². The molecule has 0 radical (unpaired) electrons. The van der Waals surface area contributed by atoms with Gasteiger partial charge in [0.1, 0.15) is 5.82 Å². The van der Waals surface area contributed by atoms with Crippen molar-refractivity contribution in [2.24, 2.45) is 0 Å². The van der Waals surface area contributed by atoms with Crippen molar-refractivity contribution in [2.75, 3.05) is 31.1 Å². The Balaban J connectivity index is 1.81. The van der Waals surface area contributed by atoms with Crippen LogP contribution in [0.25, 0.3) is 0 Å². The Morgan fingerprint density at radius 1 is 1.25 bits per heavy atom. The molecule has 0 amide bonds. The molecule has 0 aliphatic carbocycles. The first-order valence-electron chi connectivity index (χ1n) is 7.61. The van der Waals surface area contributed by atoms with Crippen molar-refractivity contribution in [3.63, 3.8) is 0 Å². The highest BCUT2D eigenvalue weighted by molar-refractivity contribution is 5.50. The number of nitrogens with zero attached hydrogens (tertiary/aromatic N) is 2. The third-order valence-electron chi connectivity index (χ3n) is 4.60. The molecule has 1 N–H and O–H groups in total. The number of halogens is 1. The van der Waals surface area contributed by atoms with Crippen molar-refractivity contribution in [1.82, 2.24) is 4.90 Å². The summed E-state index contributed by atoms with van der Waals surface area (Å²) in [5.41, 5.74) is 1.33. The Morgan fingerprint density at radius 3 is 2.80 bits per heavy atom. The van der Waals surface area contributed by atoms with Crippen LogP contribution >= 0.6 is 0 Å². The molecule has 2 heterocycles. The van der Waals surface area contributed by atoms with Crippen molar-refractivity contribution in [1.29, 1.82) is 0 Å². The highest BCUT2D eigenvalue weighted by atomic mass is 19.1. The van der Waals surface area contributed by atoms with E-state index >= 15 is 0 Å². The largest absolute Gasteiger partial charge is 0.389 e. The molecule has 4 heteroatoms. The van der Waals surface area contributed by atoms with Gasteiger partial charge in [-0.2, -0.15) is 0 Å². The summed E-state index contributed by atoms with van der Waals surface area (Å²) < 4.78 is 14.3. The first kappa shape index (κ1) is 13.8. The van der Waals surface area contributed by atoms with E-state index in [1.807, 2.05) is 12.1 Å². The summed E-state index contributed by atoms with van der Waals surface area (Å²) in [6, 6.07) is 5.70. The first-order valence-corrected chi connectivity index (χ1v) is 7.61. The summed E-state index contributed by atoms with van der Waals surface area (Å²) in [6.07, 6.45) is 2.97. The first-order chi connectivity index (χ1) is 9.65. The molecule has 110 valence electrons. The van der Waals surface area contributed by atoms with Gasteiger partial charge in [-0.3, -0.25) is 4.90 Å². The number of benzene rings is 1. The zero-order valence-electron chi connectivity index (χ0n) is 12.1. The van der Waals surface area contributed by atoms with E-state index in [4.69, 9.17) is 0 Å². The van der Waals surface area contributed by atoms with Gasteiger partial charge in [-0.15, -0.1) is 0 Å². The maximum absolute atomic E-state index is 14.3. The number of aliphatic hydroxyl groups excluding tert-OH is 1. The molecule has 2 aliphatic heterocycles. The van der Waals surface area contributed by atoms with Crippen LogP contribution in [0.3, 0.4) is 0 Å². The molecule has 2 saturated heterocycles. The standard InChI is InChI=1S/C16H23FN2O/c1-12(20)13-5-6-16(15(17)10-13)19-9-3-8-18-7-2-4-14(18)11-19/h5-6,10,12,14,20H,2-4,7-9,11H2,1H3/t12-,14?/m1/s1. The van der Waals surface area contributed by atoms with Gasteiger partial charge in [0.2, 0.25) is 0 Å². The topological polar surface area (TPSA) is 26.7 Å². The fraction of sp³-hybridized carbons (Fsp3) is 0.625. The van der Waals surface area contributed by atoms with Crippen LogP contribution in [-0.2, 0) is 0 Å². The number of anilines is 1. The van der Waals surface area contributed by atoms with Gasteiger partial charge in [0.25, 0.3) is 0 Å². The molecule has 0 spiro atoms. The Hall–Kier alpha value is -1.13. The minimum Gasteiger partial charge on any atom is -0.389 e. The van der Waals surface area contributed by atoms with Gasteiger partial charge in [0, 0.05) is 25.7 Å². The average Bonchev–Trinajstić information content (AvgIpc) is 2.76. The van der Waals surface area contributed by atoms with Gasteiger partial charge in [-0.1, -0.05) is 6.07 Å². The quantitative estimate of drug-likeness (QED) is 0.900. The maximum Gasteiger partial charge on any atom is 0.146 e. The summed E-state index contributed by atoms with van der Waals surface area (Å²) in [6.45, 7) is 5.83. The van der Waals surface area contributed by atoms with Gasteiger partial charge in [-0.25, -0.2) is 4.39 Å². The minimum atomic E-state index is -0.618. The van der Waals surface area contributed by atoms with Gasteiger partial charge in [0.05, 0.1) is 11.8 Å². The normalized spacial score (nSPS) is 25.4. The van der Waals surface area contributed by atoms with Crippen LogP contribution in [-0.4, -0.2) is 42.2 Å². The van der Waals surface area contributed by atoms with Gasteiger partial charge in [0.15, 0.2) is 0 Å². The lowest BCUT2D eigenvalue weighted by Gasteiger charge is -2.27. The number of hydrogen-bond donors (Lipinski definition) is 1. The van der Waals surface area contributed by atoms with E-state index in [9.17, 15) is 9.50 Å². The van der Waals surface area contributed by atoms with Crippen LogP contribution in [0.2, 0.25) is 0 Å². The Morgan fingerprint density at radius 2 is 2.05 bits per heavy atom. The van der Waals surface area contributed by atoms with Crippen molar-refractivity contribution >= 4 is 5.69 Å². The molecular formula is C16H23FN2O. The molecular weight excluding hydrogens is 255 g/mol. The van der Waals surface area contributed by atoms with E-state index in [0.29, 0.717) is 17.3 Å². The van der Waals surface area contributed by atoms with E-state index in [2.05, 4.69) is 9.80 Å². The van der Waals surface area contributed by atoms with Crippen LogP contribution in [0.15, 0.2) is 18.2 Å². The fourth-order valence-electron chi connectivity index (χ4n) is 3.46. The predicted octanol–water partition coefficient (Wildman–Crippen LogP) is 2.55. The Bertz CT molecular complexity index is 478. The second-order valence-electron chi connectivity index (χ2n) is 6.02. The third kappa shape index (κ3) is 2.67. The van der Waals surface area contributed by atoms with Crippen molar-refractivity contribution in [3.05, 3.63) is 29.6 Å². The molecule has 1 aromatic rings. The maximum atomic E-state index is 14.3. The van der Waals surface area contributed by atoms with Crippen LogP contribution in [0.1, 0.15) is 37.9 Å². The summed E-state index contributed by atoms with van der Waals surface area (Å²) in [5.74, 6) is -0.213. The summed E-state index contributed by atoms with van der Waals surface area (Å²) in [7, 11) is 0. The third-order valence-corrected chi connectivity index (χ3v) is 4.60. The van der Waals surface area contributed by atoms with Crippen LogP contribution in [0.5, 0.6) is 0 Å². The summed E-state index contributed by atoms with van der Waals surface area (Å²) in [5, 5.41) is 9.53. The van der Waals surface area contributed by atoms with Gasteiger partial charge < -0.3 is 10.0 Å². The lowest BCUT2D eigenvalue weighted by molar-refractivity contribution is 0.199. The highest BCUT2D eigenvalue weighted by Crippen LogP contribution is 2.28. The predicted molar refractivity (Wildman–Crippen MR) is 78.5 cm³/mol. The van der Waals surface area contributed by atoms with Crippen molar-refractivity contribution in [2.45, 2.75) is 38.3 Å². The monoisotopic (exact) mass is 278 g/mol. The number of hydrogen-bond acceptors (Lipinski definition) is 3. The molecule has 2 atom stereocenters. The number of rotatable bonds is 2. The molecule has 1 unspecified atom stereocenters. The molecule has 2 fully saturated rings. The SMILES string of the molecule is C[C@@H](O)c1ccc(N2CCCN3CCCC3C2)c(F)c1. The second kappa shape index (κ2) is 5.70. The molecule has 0 bridgehead atoms. The molecule has 3 nitrogen and oxygen atoms in total. The molecule has 1 aromatic carbocycles.